The monoisotopic (exact) mass is 592 g/mol. The summed E-state index contributed by atoms with van der Waals surface area (Å²) in [6, 6.07) is 0. The number of nitrogens with one attached hydrogen (secondary N) is 1. The van der Waals surface area contributed by atoms with Crippen molar-refractivity contribution in [2.75, 3.05) is 6.61 Å². The van der Waals surface area contributed by atoms with Crippen LogP contribution in [0.4, 0.5) is 0 Å². The molecule has 3 rings (SSSR count). The van der Waals surface area contributed by atoms with E-state index < -0.39 is 60.2 Å². The summed E-state index contributed by atoms with van der Waals surface area (Å²) in [7, 11) is -17.8. The van der Waals surface area contributed by atoms with E-state index in [1.807, 2.05) is 0 Å². The molecular weight excluding hydrogens is 578 g/mol. The van der Waals surface area contributed by atoms with Gasteiger partial charge in [0.15, 0.2) is 17.4 Å². The Balaban J connectivity index is 0. The summed E-state index contributed by atoms with van der Waals surface area (Å²) < 4.78 is 50.3. The molecule has 182 valence electrons. The number of phosphoric acid groups is 3. The standard InChI is InChI=1S/C10H15N4O14P3.3Na.H2O/c15-6-4(1-25-30(21,22)28-31(23,24)27-29(18,19)20)26-10(7(6)16)14-3-13-5-8(14)11-2-12-9(5)17;;;;/h2-4,6-7,10,15-16H,1H2,(H,21,22)(H,23,24)(H,11,12,17)(H2,18,19,20);;;;1H2/q;3*+1;/p-3/t4-,6-,7-,10-;;;;/m1..../s1. The second-order valence-electron chi connectivity index (χ2n) is 5.92. The van der Waals surface area contributed by atoms with Crippen molar-refractivity contribution in [2.45, 2.75) is 24.5 Å². The van der Waals surface area contributed by atoms with Gasteiger partial charge in [-0.05, 0) is 0 Å². The van der Waals surface area contributed by atoms with Gasteiger partial charge in [0.25, 0.3) is 29.0 Å². The van der Waals surface area contributed by atoms with Gasteiger partial charge in [-0.25, -0.2) is 18.6 Å². The zero-order chi connectivity index (χ0) is 23.2. The second-order valence-corrected chi connectivity index (χ2v) is 10.2. The summed E-state index contributed by atoms with van der Waals surface area (Å²) in [5, 5.41) is 20.3. The number of rotatable bonds is 8. The first-order valence-electron chi connectivity index (χ1n) is 7.84. The van der Waals surface area contributed by atoms with Crippen LogP contribution in [-0.2, 0) is 31.6 Å². The Morgan fingerprint density at radius 2 is 1.66 bits per heavy atom. The van der Waals surface area contributed by atoms with Gasteiger partial charge in [-0.2, -0.15) is 0 Å². The molecule has 0 radical (unpaired) electrons. The number of ether oxygens (including phenoxy) is 1. The number of hydrogen-bond donors (Lipinski definition) is 4. The summed E-state index contributed by atoms with van der Waals surface area (Å²) in [4.78, 5) is 63.1. The van der Waals surface area contributed by atoms with Gasteiger partial charge in [-0.1, -0.05) is 0 Å². The zero-order valence-electron chi connectivity index (χ0n) is 18.2. The Bertz CT molecular complexity index is 1170. The van der Waals surface area contributed by atoms with Crippen molar-refractivity contribution in [3.63, 3.8) is 0 Å². The van der Waals surface area contributed by atoms with E-state index in [1.165, 1.54) is 0 Å². The number of aromatic amines is 1. The topological polar surface area (TPSA) is 313 Å². The van der Waals surface area contributed by atoms with Crippen LogP contribution in [0, 0.1) is 0 Å². The van der Waals surface area contributed by atoms with E-state index >= 15 is 0 Å². The third-order valence-electron chi connectivity index (χ3n) is 3.78. The van der Waals surface area contributed by atoms with Gasteiger partial charge in [0.2, 0.25) is 0 Å². The van der Waals surface area contributed by atoms with Crippen molar-refractivity contribution in [3.05, 3.63) is 23.0 Å². The third kappa shape index (κ3) is 10.3. The molecule has 0 amide bonds. The first kappa shape index (κ1) is 38.7. The molecular formula is C10H14N4Na3O15P3. The molecule has 2 aromatic rings. The number of nitrogens with zero attached hydrogens (tertiary/aromatic N) is 3. The van der Waals surface area contributed by atoms with Crippen LogP contribution in [0.2, 0.25) is 0 Å². The van der Waals surface area contributed by atoms with E-state index in [0.717, 1.165) is 17.2 Å². The van der Waals surface area contributed by atoms with Crippen molar-refractivity contribution in [2.24, 2.45) is 0 Å². The maximum atomic E-state index is 11.7. The van der Waals surface area contributed by atoms with E-state index in [4.69, 9.17) is 9.63 Å². The molecule has 1 aliphatic heterocycles. The summed E-state index contributed by atoms with van der Waals surface area (Å²) in [5.74, 6) is 0. The van der Waals surface area contributed by atoms with Crippen LogP contribution in [-0.4, -0.2) is 65.0 Å². The predicted octanol–water partition coefficient (Wildman–Crippen LogP) is -13.6. The van der Waals surface area contributed by atoms with Crippen molar-refractivity contribution in [3.8, 4) is 0 Å². The van der Waals surface area contributed by atoms with Crippen molar-refractivity contribution in [1.82, 2.24) is 19.5 Å². The Labute approximate surface area is 261 Å². The molecule has 6 N–H and O–H groups in total. The molecule has 19 nitrogen and oxygen atoms in total. The largest absolute Gasteiger partial charge is 1.00 e. The molecule has 1 fully saturated rings. The van der Waals surface area contributed by atoms with Gasteiger partial charge < -0.3 is 49.5 Å². The van der Waals surface area contributed by atoms with Crippen molar-refractivity contribution < 1.29 is 156 Å². The molecule has 0 spiro atoms. The van der Waals surface area contributed by atoms with Crippen LogP contribution in [0.5, 0.6) is 0 Å². The average molecular weight is 592 g/mol. The minimum atomic E-state index is -6.09. The molecule has 2 aromatic heterocycles. The Morgan fingerprint density at radius 3 is 2.23 bits per heavy atom. The Morgan fingerprint density at radius 1 is 1.06 bits per heavy atom. The summed E-state index contributed by atoms with van der Waals surface area (Å²) in [6.07, 6.45) is -4.31. The number of H-pyrrole nitrogens is 1. The SMILES string of the molecule is O.O=c1[nH]cnc2c1ncn2[C@@H]1O[C@H](COP(=O)([O-])OP(=O)([O-])OP(=O)([O-])O)[C@@H](O)[C@H]1O.[Na+].[Na+].[Na+]. The molecule has 3 heterocycles. The van der Waals surface area contributed by atoms with Gasteiger partial charge in [-0.3, -0.25) is 23.1 Å². The number of aliphatic hydroxyl groups excluding tert-OH is 2. The fraction of sp³-hybridized carbons (Fsp3) is 0.500. The second kappa shape index (κ2) is 14.8. The number of hydrogen-bond acceptors (Lipinski definition) is 15. The van der Waals surface area contributed by atoms with E-state index in [9.17, 15) is 43.4 Å². The number of imidazole rings is 1. The smallest absolute Gasteiger partial charge is 0.756 e. The third-order valence-corrected chi connectivity index (χ3v) is 7.47. The summed E-state index contributed by atoms with van der Waals surface area (Å²) in [6.45, 7) is -1.09. The number of phosphoric ester groups is 1. The van der Waals surface area contributed by atoms with Gasteiger partial charge in [0.05, 0.1) is 19.3 Å². The zero-order valence-corrected chi connectivity index (χ0v) is 26.9. The van der Waals surface area contributed by atoms with Crippen LogP contribution in [0.15, 0.2) is 17.4 Å². The van der Waals surface area contributed by atoms with Crippen LogP contribution < -0.4 is 109 Å². The van der Waals surface area contributed by atoms with Gasteiger partial charge in [0.1, 0.15) is 18.3 Å². The molecule has 1 aliphatic rings. The van der Waals surface area contributed by atoms with Crippen LogP contribution in [0.1, 0.15) is 6.23 Å². The molecule has 0 aromatic carbocycles. The fourth-order valence-corrected chi connectivity index (χ4v) is 5.49. The van der Waals surface area contributed by atoms with Gasteiger partial charge in [-0.15, -0.1) is 0 Å². The van der Waals surface area contributed by atoms with Crippen LogP contribution in [0.3, 0.4) is 0 Å². The molecule has 35 heavy (non-hydrogen) atoms. The fourth-order valence-electron chi connectivity index (χ4n) is 2.60. The maximum absolute atomic E-state index is 11.7. The minimum Gasteiger partial charge on any atom is -0.756 e. The first-order valence-corrected chi connectivity index (χ1v) is 12.3. The molecule has 0 saturated carbocycles. The molecule has 3 unspecified atom stereocenters. The number of aliphatic hydroxyl groups is 2. The van der Waals surface area contributed by atoms with E-state index in [1.54, 1.807) is 0 Å². The molecule has 7 atom stereocenters. The summed E-state index contributed by atoms with van der Waals surface area (Å²) in [5.41, 5.74) is -0.749. The van der Waals surface area contributed by atoms with Gasteiger partial charge >= 0.3 is 88.7 Å². The van der Waals surface area contributed by atoms with Crippen molar-refractivity contribution >= 4 is 34.6 Å². The molecule has 25 heteroatoms. The Kier molecular flexibility index (Phi) is 16.4. The van der Waals surface area contributed by atoms with Crippen molar-refractivity contribution in [1.29, 1.82) is 0 Å². The quantitative estimate of drug-likeness (QED) is 0.163. The summed E-state index contributed by atoms with van der Waals surface area (Å²) >= 11 is 0. The minimum absolute atomic E-state index is 0. The Hall–Kier alpha value is 1.60. The average Bonchev–Trinajstić information content (AvgIpc) is 3.13. The normalized spacial score (nSPS) is 26.6. The van der Waals surface area contributed by atoms with Crippen LogP contribution >= 0.6 is 23.5 Å². The number of aromatic nitrogens is 4. The molecule has 1 saturated heterocycles. The maximum Gasteiger partial charge on any atom is 1.00 e. The van der Waals surface area contributed by atoms with Crippen LogP contribution in [0.25, 0.3) is 11.2 Å². The molecule has 0 bridgehead atoms. The van der Waals surface area contributed by atoms with E-state index in [-0.39, 0.29) is 105 Å². The van der Waals surface area contributed by atoms with E-state index in [2.05, 4.69) is 28.1 Å². The first-order chi connectivity index (χ1) is 14.2. The molecule has 0 aliphatic carbocycles. The van der Waals surface area contributed by atoms with E-state index in [0.29, 0.717) is 0 Å². The number of fused-ring (bicyclic) bond motifs is 1. The van der Waals surface area contributed by atoms with Gasteiger partial charge in [0, 0.05) is 0 Å². The predicted molar refractivity (Wildman–Crippen MR) is 90.8 cm³/mol.